The lowest BCUT2D eigenvalue weighted by Crippen LogP contribution is -2.32. The number of fused-ring (bicyclic) bond motifs is 2. The van der Waals surface area contributed by atoms with Crippen LogP contribution in [-0.2, 0) is 0 Å². The molecule has 0 aliphatic heterocycles. The summed E-state index contributed by atoms with van der Waals surface area (Å²) in [5.74, 6) is -0.550. The predicted molar refractivity (Wildman–Crippen MR) is 108 cm³/mol. The number of rotatable bonds is 4. The molecule has 3 N–H and O–H groups in total. The summed E-state index contributed by atoms with van der Waals surface area (Å²) >= 11 is 0. The maximum atomic E-state index is 13.9. The van der Waals surface area contributed by atoms with Gasteiger partial charge in [0.1, 0.15) is 22.7 Å². The van der Waals surface area contributed by atoms with Crippen molar-refractivity contribution in [3.05, 3.63) is 59.9 Å². The quantitative estimate of drug-likeness (QED) is 0.566. The van der Waals surface area contributed by atoms with Gasteiger partial charge in [0.15, 0.2) is 5.65 Å². The Morgan fingerprint density at radius 3 is 2.57 bits per heavy atom. The smallest absolute Gasteiger partial charge is 0.257 e. The third kappa shape index (κ3) is 2.94. The van der Waals surface area contributed by atoms with E-state index in [2.05, 4.69) is 15.3 Å². The number of para-hydroxylation sites is 2. The van der Waals surface area contributed by atoms with Crippen LogP contribution in [0.5, 0.6) is 0 Å². The molecular weight excluding hydrogens is 357 g/mol. The Kier molecular flexibility index (Phi) is 4.43. The molecule has 0 fully saturated rings. The second-order valence-electron chi connectivity index (χ2n) is 6.74. The van der Waals surface area contributed by atoms with Crippen LogP contribution < -0.4 is 11.1 Å². The molecule has 0 radical (unpaired) electrons. The van der Waals surface area contributed by atoms with Crippen LogP contribution in [0.15, 0.2) is 48.5 Å². The maximum absolute atomic E-state index is 13.9. The van der Waals surface area contributed by atoms with E-state index in [0.717, 1.165) is 6.42 Å². The van der Waals surface area contributed by atoms with E-state index in [1.807, 2.05) is 38.1 Å². The van der Waals surface area contributed by atoms with Crippen molar-refractivity contribution >= 4 is 33.9 Å². The first-order valence-corrected chi connectivity index (χ1v) is 9.13. The Morgan fingerprint density at radius 2 is 1.89 bits per heavy atom. The fraction of sp³-hybridized carbons (Fsp3) is 0.190. The Labute approximate surface area is 161 Å². The first kappa shape index (κ1) is 17.9. The fourth-order valence-corrected chi connectivity index (χ4v) is 3.16. The SMILES string of the molecule is CCC(C)NC(=O)c1c(N)n(-c2cccc(F)c2)c2nc3ccccc3nc12. The van der Waals surface area contributed by atoms with E-state index >= 15 is 0 Å². The number of aromatic nitrogens is 3. The van der Waals surface area contributed by atoms with E-state index in [0.29, 0.717) is 27.9 Å². The molecule has 142 valence electrons. The molecule has 1 atom stereocenters. The molecular formula is C21H20FN5O. The van der Waals surface area contributed by atoms with Gasteiger partial charge in [-0.15, -0.1) is 0 Å². The summed E-state index contributed by atoms with van der Waals surface area (Å²) in [6.07, 6.45) is 0.781. The molecule has 2 aromatic heterocycles. The van der Waals surface area contributed by atoms with Crippen LogP contribution in [0.2, 0.25) is 0 Å². The first-order chi connectivity index (χ1) is 13.5. The van der Waals surface area contributed by atoms with Gasteiger partial charge in [0, 0.05) is 6.04 Å². The van der Waals surface area contributed by atoms with Crippen molar-refractivity contribution in [3.8, 4) is 5.69 Å². The van der Waals surface area contributed by atoms with Gasteiger partial charge < -0.3 is 11.1 Å². The van der Waals surface area contributed by atoms with E-state index in [-0.39, 0.29) is 23.3 Å². The van der Waals surface area contributed by atoms with Gasteiger partial charge in [0.25, 0.3) is 5.91 Å². The van der Waals surface area contributed by atoms with E-state index in [4.69, 9.17) is 5.73 Å². The second kappa shape index (κ2) is 6.92. The van der Waals surface area contributed by atoms with Gasteiger partial charge in [-0.05, 0) is 43.7 Å². The minimum atomic E-state index is -0.405. The highest BCUT2D eigenvalue weighted by Gasteiger charge is 2.25. The number of halogens is 1. The third-order valence-electron chi connectivity index (χ3n) is 4.78. The number of carbonyl (C=O) groups is 1. The molecule has 0 bridgehead atoms. The van der Waals surface area contributed by atoms with Crippen LogP contribution in [0.4, 0.5) is 10.2 Å². The van der Waals surface area contributed by atoms with Gasteiger partial charge in [-0.25, -0.2) is 14.4 Å². The number of nitrogens with two attached hydrogens (primary N) is 1. The number of nitrogen functional groups attached to an aromatic ring is 1. The number of carbonyl (C=O) groups excluding carboxylic acids is 1. The van der Waals surface area contributed by atoms with E-state index in [9.17, 15) is 9.18 Å². The average molecular weight is 377 g/mol. The van der Waals surface area contributed by atoms with Crippen molar-refractivity contribution in [3.63, 3.8) is 0 Å². The maximum Gasteiger partial charge on any atom is 0.257 e. The molecule has 2 heterocycles. The molecule has 0 saturated carbocycles. The predicted octanol–water partition coefficient (Wildman–Crippen LogP) is 3.82. The molecule has 0 spiro atoms. The zero-order valence-electron chi connectivity index (χ0n) is 15.6. The molecule has 0 aliphatic rings. The lowest BCUT2D eigenvalue weighted by Gasteiger charge is -2.11. The minimum Gasteiger partial charge on any atom is -0.384 e. The van der Waals surface area contributed by atoms with Gasteiger partial charge in [-0.1, -0.05) is 25.1 Å². The van der Waals surface area contributed by atoms with Crippen LogP contribution in [0, 0.1) is 5.82 Å². The van der Waals surface area contributed by atoms with E-state index < -0.39 is 5.82 Å². The average Bonchev–Trinajstić information content (AvgIpc) is 2.96. The van der Waals surface area contributed by atoms with Crippen molar-refractivity contribution in [2.45, 2.75) is 26.3 Å². The number of nitrogens with zero attached hydrogens (tertiary/aromatic N) is 3. The summed E-state index contributed by atoms with van der Waals surface area (Å²) in [6.45, 7) is 3.90. The summed E-state index contributed by atoms with van der Waals surface area (Å²) in [5.41, 5.74) is 9.23. The van der Waals surface area contributed by atoms with Crippen LogP contribution >= 0.6 is 0 Å². The molecule has 0 saturated heterocycles. The zero-order chi connectivity index (χ0) is 19.8. The number of anilines is 1. The molecule has 6 nitrogen and oxygen atoms in total. The van der Waals surface area contributed by atoms with E-state index in [1.165, 1.54) is 12.1 Å². The van der Waals surface area contributed by atoms with Crippen LogP contribution in [0.1, 0.15) is 30.6 Å². The minimum absolute atomic E-state index is 0.0205. The summed E-state index contributed by atoms with van der Waals surface area (Å²) in [6, 6.07) is 13.4. The van der Waals surface area contributed by atoms with Crippen molar-refractivity contribution in [1.29, 1.82) is 0 Å². The lowest BCUT2D eigenvalue weighted by atomic mass is 10.2. The van der Waals surface area contributed by atoms with Crippen LogP contribution in [0.25, 0.3) is 27.9 Å². The van der Waals surface area contributed by atoms with Gasteiger partial charge in [0.05, 0.1) is 16.7 Å². The number of amides is 1. The number of hydrogen-bond donors (Lipinski definition) is 2. The molecule has 2 aromatic carbocycles. The number of benzene rings is 2. The van der Waals surface area contributed by atoms with Gasteiger partial charge in [0.2, 0.25) is 0 Å². The van der Waals surface area contributed by atoms with Crippen molar-refractivity contribution in [1.82, 2.24) is 19.9 Å². The summed E-state index contributed by atoms with van der Waals surface area (Å²) in [5, 5.41) is 2.93. The second-order valence-corrected chi connectivity index (χ2v) is 6.74. The highest BCUT2D eigenvalue weighted by atomic mass is 19.1. The van der Waals surface area contributed by atoms with Crippen molar-refractivity contribution < 1.29 is 9.18 Å². The monoisotopic (exact) mass is 377 g/mol. The topological polar surface area (TPSA) is 85.8 Å². The summed E-state index contributed by atoms with van der Waals surface area (Å²) in [7, 11) is 0. The summed E-state index contributed by atoms with van der Waals surface area (Å²) in [4.78, 5) is 22.3. The molecule has 7 heteroatoms. The number of nitrogens with one attached hydrogen (secondary N) is 1. The summed E-state index contributed by atoms with van der Waals surface area (Å²) < 4.78 is 15.4. The van der Waals surface area contributed by atoms with Crippen LogP contribution in [-0.4, -0.2) is 26.5 Å². The fourth-order valence-electron chi connectivity index (χ4n) is 3.16. The molecule has 1 unspecified atom stereocenters. The van der Waals surface area contributed by atoms with Gasteiger partial charge in [-0.2, -0.15) is 0 Å². The Bertz CT molecular complexity index is 1200. The zero-order valence-corrected chi connectivity index (χ0v) is 15.6. The normalized spacial score (nSPS) is 12.4. The molecule has 4 aromatic rings. The molecule has 1 amide bonds. The Hall–Kier alpha value is -3.48. The highest BCUT2D eigenvalue weighted by molar-refractivity contribution is 6.11. The Balaban J connectivity index is 2.04. The van der Waals surface area contributed by atoms with Gasteiger partial charge >= 0.3 is 0 Å². The standard InChI is InChI=1S/C21H20FN5O/c1-3-12(2)24-21(28)17-18-20(26-16-10-5-4-9-15(16)25-18)27(19(17)23)14-8-6-7-13(22)11-14/h4-12H,3,23H2,1-2H3,(H,24,28). The molecule has 4 rings (SSSR count). The van der Waals surface area contributed by atoms with Gasteiger partial charge in [-0.3, -0.25) is 9.36 Å². The van der Waals surface area contributed by atoms with Crippen LogP contribution in [0.3, 0.4) is 0 Å². The largest absolute Gasteiger partial charge is 0.384 e. The molecule has 28 heavy (non-hydrogen) atoms. The number of hydrogen-bond acceptors (Lipinski definition) is 4. The highest BCUT2D eigenvalue weighted by Crippen LogP contribution is 2.31. The first-order valence-electron chi connectivity index (χ1n) is 9.13. The Morgan fingerprint density at radius 1 is 1.18 bits per heavy atom. The lowest BCUT2D eigenvalue weighted by molar-refractivity contribution is 0.0941. The van der Waals surface area contributed by atoms with E-state index in [1.54, 1.807) is 16.7 Å². The van der Waals surface area contributed by atoms with Crippen molar-refractivity contribution in [2.75, 3.05) is 5.73 Å². The van der Waals surface area contributed by atoms with Crippen molar-refractivity contribution in [2.24, 2.45) is 0 Å². The molecule has 0 aliphatic carbocycles. The third-order valence-corrected chi connectivity index (χ3v) is 4.78.